The molecular formula is C17H31N3. The highest BCUT2D eigenvalue weighted by molar-refractivity contribution is 5.07. The van der Waals surface area contributed by atoms with Gasteiger partial charge < -0.3 is 14.8 Å². The van der Waals surface area contributed by atoms with Crippen LogP contribution < -0.4 is 5.32 Å². The van der Waals surface area contributed by atoms with Crippen LogP contribution in [0.5, 0.6) is 0 Å². The van der Waals surface area contributed by atoms with Crippen LogP contribution in [0.2, 0.25) is 0 Å². The molecule has 20 heavy (non-hydrogen) atoms. The second-order valence-corrected chi connectivity index (χ2v) is 6.71. The summed E-state index contributed by atoms with van der Waals surface area (Å²) in [6, 6.07) is 4.37. The summed E-state index contributed by atoms with van der Waals surface area (Å²) in [6.07, 6.45) is 7.58. The fourth-order valence-corrected chi connectivity index (χ4v) is 3.70. The molecule has 3 heteroatoms. The van der Waals surface area contributed by atoms with Crippen LogP contribution in [0.15, 0.2) is 18.3 Å². The van der Waals surface area contributed by atoms with Crippen LogP contribution in [0.1, 0.15) is 45.2 Å². The predicted molar refractivity (Wildman–Crippen MR) is 85.9 cm³/mol. The lowest BCUT2D eigenvalue weighted by Crippen LogP contribution is -2.54. The lowest BCUT2D eigenvalue weighted by Gasteiger charge is -2.45. The quantitative estimate of drug-likeness (QED) is 0.862. The third kappa shape index (κ3) is 3.44. The van der Waals surface area contributed by atoms with Gasteiger partial charge in [0.15, 0.2) is 0 Å². The van der Waals surface area contributed by atoms with Gasteiger partial charge in [-0.2, -0.15) is 0 Å². The number of likely N-dealkylation sites (N-methyl/N-ethyl adjacent to an activating group) is 1. The van der Waals surface area contributed by atoms with Crippen molar-refractivity contribution in [2.45, 2.75) is 58.2 Å². The summed E-state index contributed by atoms with van der Waals surface area (Å²) < 4.78 is 2.32. The van der Waals surface area contributed by atoms with Crippen molar-refractivity contribution >= 4 is 0 Å². The minimum Gasteiger partial charge on any atom is -0.351 e. The first-order chi connectivity index (χ1) is 9.57. The van der Waals surface area contributed by atoms with Gasteiger partial charge >= 0.3 is 0 Å². The van der Waals surface area contributed by atoms with Crippen LogP contribution in [-0.4, -0.2) is 35.6 Å². The fraction of sp³-hybridized carbons (Fsp3) is 0.765. The second-order valence-electron chi connectivity index (χ2n) is 6.71. The first-order valence-corrected chi connectivity index (χ1v) is 8.09. The van der Waals surface area contributed by atoms with Crippen LogP contribution in [0.4, 0.5) is 0 Å². The molecule has 0 aromatic carbocycles. The zero-order valence-corrected chi connectivity index (χ0v) is 13.7. The molecule has 2 unspecified atom stereocenters. The Morgan fingerprint density at radius 2 is 2.25 bits per heavy atom. The summed E-state index contributed by atoms with van der Waals surface area (Å²) in [5.41, 5.74) is 1.74. The van der Waals surface area contributed by atoms with Gasteiger partial charge in [-0.05, 0) is 51.9 Å². The predicted octanol–water partition coefficient (Wildman–Crippen LogP) is 3.11. The topological polar surface area (TPSA) is 20.2 Å². The molecule has 2 atom stereocenters. The Hall–Kier alpha value is -0.800. The van der Waals surface area contributed by atoms with E-state index < -0.39 is 0 Å². The van der Waals surface area contributed by atoms with E-state index in [-0.39, 0.29) is 0 Å². The van der Waals surface area contributed by atoms with Crippen LogP contribution >= 0.6 is 0 Å². The molecule has 1 heterocycles. The van der Waals surface area contributed by atoms with Gasteiger partial charge in [0.25, 0.3) is 0 Å². The summed E-state index contributed by atoms with van der Waals surface area (Å²) in [5.74, 6) is 0.854. The van der Waals surface area contributed by atoms with Gasteiger partial charge in [0, 0.05) is 37.1 Å². The Balaban J connectivity index is 1.93. The molecule has 2 rings (SSSR count). The summed E-state index contributed by atoms with van der Waals surface area (Å²) in [7, 11) is 4.49. The zero-order chi connectivity index (χ0) is 14.6. The lowest BCUT2D eigenvalue weighted by molar-refractivity contribution is 0.0748. The fourth-order valence-electron chi connectivity index (χ4n) is 3.70. The largest absolute Gasteiger partial charge is 0.351 e. The van der Waals surface area contributed by atoms with Gasteiger partial charge in [0.2, 0.25) is 0 Å². The van der Waals surface area contributed by atoms with Crippen molar-refractivity contribution in [1.82, 2.24) is 14.8 Å². The molecule has 1 N–H and O–H groups in total. The van der Waals surface area contributed by atoms with Gasteiger partial charge in [-0.1, -0.05) is 19.8 Å². The van der Waals surface area contributed by atoms with Crippen molar-refractivity contribution in [3.05, 3.63) is 24.0 Å². The molecular weight excluding hydrogens is 246 g/mol. The molecule has 1 aromatic heterocycles. The third-order valence-corrected chi connectivity index (χ3v) is 5.04. The van der Waals surface area contributed by atoms with Gasteiger partial charge in [0.05, 0.1) is 0 Å². The van der Waals surface area contributed by atoms with E-state index in [1.54, 1.807) is 0 Å². The van der Waals surface area contributed by atoms with E-state index in [2.05, 4.69) is 61.1 Å². The maximum atomic E-state index is 3.71. The number of nitrogens with one attached hydrogen (secondary N) is 1. The van der Waals surface area contributed by atoms with E-state index in [4.69, 9.17) is 0 Å². The van der Waals surface area contributed by atoms with E-state index in [1.807, 2.05) is 0 Å². The molecule has 1 aromatic rings. The molecule has 0 aliphatic heterocycles. The molecule has 0 radical (unpaired) electrons. The molecule has 1 saturated carbocycles. The Labute approximate surface area is 124 Å². The van der Waals surface area contributed by atoms with E-state index >= 15 is 0 Å². The van der Waals surface area contributed by atoms with Gasteiger partial charge in [0.1, 0.15) is 0 Å². The van der Waals surface area contributed by atoms with E-state index in [0.717, 1.165) is 25.6 Å². The van der Waals surface area contributed by atoms with Crippen molar-refractivity contribution < 1.29 is 0 Å². The average molecular weight is 277 g/mol. The summed E-state index contributed by atoms with van der Waals surface area (Å²) in [5, 5.41) is 3.71. The summed E-state index contributed by atoms with van der Waals surface area (Å²) in [4.78, 5) is 2.45. The van der Waals surface area contributed by atoms with Crippen LogP contribution in [0, 0.1) is 5.92 Å². The van der Waals surface area contributed by atoms with Crippen LogP contribution in [0.3, 0.4) is 0 Å². The van der Waals surface area contributed by atoms with Gasteiger partial charge in [-0.25, -0.2) is 0 Å². The molecule has 0 saturated heterocycles. The lowest BCUT2D eigenvalue weighted by atomic mass is 9.75. The first-order valence-electron chi connectivity index (χ1n) is 8.09. The van der Waals surface area contributed by atoms with E-state index in [0.29, 0.717) is 5.54 Å². The molecule has 0 bridgehead atoms. The Bertz CT molecular complexity index is 410. The molecule has 1 aliphatic carbocycles. The smallest absolute Gasteiger partial charge is 0.0360 e. The van der Waals surface area contributed by atoms with E-state index in [9.17, 15) is 0 Å². The van der Waals surface area contributed by atoms with Crippen molar-refractivity contribution in [3.63, 3.8) is 0 Å². The molecule has 114 valence electrons. The van der Waals surface area contributed by atoms with Crippen molar-refractivity contribution in [3.8, 4) is 0 Å². The highest BCUT2D eigenvalue weighted by Gasteiger charge is 2.36. The Morgan fingerprint density at radius 3 is 2.90 bits per heavy atom. The number of hydrogen-bond acceptors (Lipinski definition) is 2. The summed E-state index contributed by atoms with van der Waals surface area (Å²) in [6.45, 7) is 7.73. The highest BCUT2D eigenvalue weighted by atomic mass is 15.2. The summed E-state index contributed by atoms with van der Waals surface area (Å²) >= 11 is 0. The highest BCUT2D eigenvalue weighted by Crippen LogP contribution is 2.35. The van der Waals surface area contributed by atoms with Crippen LogP contribution in [0.25, 0.3) is 0 Å². The number of nitrogens with zero attached hydrogens (tertiary/aromatic N) is 2. The average Bonchev–Trinajstić information content (AvgIpc) is 2.86. The zero-order valence-electron chi connectivity index (χ0n) is 13.7. The SMILES string of the molecule is CCn1cccc1CNCC1(N(C)C)CCCC(C)C1. The number of aromatic nitrogens is 1. The Morgan fingerprint density at radius 1 is 1.45 bits per heavy atom. The van der Waals surface area contributed by atoms with Gasteiger partial charge in [-0.15, -0.1) is 0 Å². The third-order valence-electron chi connectivity index (χ3n) is 5.04. The monoisotopic (exact) mass is 277 g/mol. The van der Waals surface area contributed by atoms with Crippen molar-refractivity contribution in [2.75, 3.05) is 20.6 Å². The second kappa shape index (κ2) is 6.77. The molecule has 1 fully saturated rings. The maximum Gasteiger partial charge on any atom is 0.0360 e. The Kier molecular flexibility index (Phi) is 5.28. The number of aryl methyl sites for hydroxylation is 1. The minimum absolute atomic E-state index is 0.349. The van der Waals surface area contributed by atoms with Crippen molar-refractivity contribution in [2.24, 2.45) is 5.92 Å². The molecule has 1 aliphatic rings. The molecule has 0 spiro atoms. The standard InChI is InChI=1S/C17H31N3/c1-5-20-11-7-9-16(20)13-18-14-17(19(3)4)10-6-8-15(2)12-17/h7,9,11,15,18H,5-6,8,10,12-14H2,1-4H3. The normalized spacial score (nSPS) is 27.1. The van der Waals surface area contributed by atoms with Crippen LogP contribution in [-0.2, 0) is 13.1 Å². The van der Waals surface area contributed by atoms with E-state index in [1.165, 1.54) is 31.4 Å². The first kappa shape index (κ1) is 15.6. The number of hydrogen-bond donors (Lipinski definition) is 1. The van der Waals surface area contributed by atoms with Gasteiger partial charge in [-0.3, -0.25) is 0 Å². The number of rotatable bonds is 6. The minimum atomic E-state index is 0.349. The molecule has 0 amide bonds. The molecule has 3 nitrogen and oxygen atoms in total. The van der Waals surface area contributed by atoms with Crippen molar-refractivity contribution in [1.29, 1.82) is 0 Å². The maximum absolute atomic E-state index is 3.71.